The number of hydrogen-bond donors (Lipinski definition) is 8. The maximum Gasteiger partial charge on any atom is 0.335 e. The number of carboxylic acids is 1. The van der Waals surface area contributed by atoms with Crippen LogP contribution in [0.3, 0.4) is 0 Å². The Morgan fingerprint density at radius 1 is 0.854 bits per heavy atom. The van der Waals surface area contributed by atoms with Crippen LogP contribution in [0.2, 0.25) is 0 Å². The number of carbonyl (C=O) groups is 1. The van der Waals surface area contributed by atoms with Crippen LogP contribution in [0, 0.1) is 5.41 Å². The van der Waals surface area contributed by atoms with Crippen molar-refractivity contribution in [2.75, 3.05) is 0 Å². The lowest BCUT2D eigenvalue weighted by Gasteiger charge is -2.45. The van der Waals surface area contributed by atoms with Crippen molar-refractivity contribution < 1.29 is 49.6 Å². The Labute approximate surface area is 276 Å². The smallest absolute Gasteiger partial charge is 0.335 e. The lowest BCUT2D eigenvalue weighted by Crippen LogP contribution is -2.64. The first kappa shape index (κ1) is 34.4. The van der Waals surface area contributed by atoms with Gasteiger partial charge < -0.3 is 50.6 Å². The summed E-state index contributed by atoms with van der Waals surface area (Å²) in [6.07, 6.45) is -8.39. The molecule has 0 aromatic heterocycles. The number of ether oxygens (including phenoxy) is 3. The monoisotopic (exact) mass is 658 g/mol. The van der Waals surface area contributed by atoms with Gasteiger partial charge >= 0.3 is 5.97 Å². The number of aliphatic hydroxyl groups is 4. The highest BCUT2D eigenvalue weighted by atomic mass is 16.7. The number of aromatic hydroxyl groups is 1. The zero-order valence-electron chi connectivity index (χ0n) is 26.3. The second kappa shape index (κ2) is 13.6. The van der Waals surface area contributed by atoms with E-state index < -0.39 is 42.0 Å². The molecule has 0 radical (unpaired) electrons. The van der Waals surface area contributed by atoms with E-state index in [1.54, 1.807) is 12.1 Å². The molecular weight excluding hydrogens is 620 g/mol. The van der Waals surface area contributed by atoms with E-state index in [9.17, 15) is 35.4 Å². The fourth-order valence-electron chi connectivity index (χ4n) is 5.65. The molecule has 1 heterocycles. The highest BCUT2D eigenvalue weighted by Crippen LogP contribution is 2.40. The van der Waals surface area contributed by atoms with E-state index in [1.807, 2.05) is 60.7 Å². The number of benzene rings is 4. The number of phenolic OH excluding ortho intramolecular Hbond substituents is 1. The molecule has 12 nitrogen and oxygen atoms in total. The quantitative estimate of drug-likeness (QED) is 0.0866. The van der Waals surface area contributed by atoms with Crippen LogP contribution in [0.5, 0.6) is 17.2 Å². The molecule has 1 aliphatic heterocycles. The molecule has 0 spiro atoms. The minimum Gasteiger partial charge on any atom is -0.508 e. The summed E-state index contributed by atoms with van der Waals surface area (Å²) >= 11 is 0. The molecule has 1 fully saturated rings. The highest BCUT2D eigenvalue weighted by molar-refractivity contribution is 5.97. The summed E-state index contributed by atoms with van der Waals surface area (Å²) in [4.78, 5) is 11.6. The van der Waals surface area contributed by atoms with E-state index in [1.165, 1.54) is 18.2 Å². The van der Waals surface area contributed by atoms with Crippen LogP contribution in [-0.4, -0.2) is 66.9 Å². The topological polar surface area (TPSA) is 216 Å². The van der Waals surface area contributed by atoms with E-state index in [4.69, 9.17) is 25.4 Å². The van der Waals surface area contributed by atoms with Crippen molar-refractivity contribution in [2.45, 2.75) is 62.7 Å². The van der Waals surface area contributed by atoms with E-state index in [0.29, 0.717) is 5.75 Å². The van der Waals surface area contributed by atoms with Gasteiger partial charge in [0.1, 0.15) is 54.6 Å². The number of phenols is 1. The molecule has 5 rings (SSSR count). The molecule has 4 aromatic carbocycles. The molecule has 252 valence electrons. The predicted octanol–water partition coefficient (Wildman–Crippen LogP) is 2.87. The van der Waals surface area contributed by atoms with Gasteiger partial charge in [0.2, 0.25) is 5.79 Å². The Bertz CT molecular complexity index is 1780. The van der Waals surface area contributed by atoms with Gasteiger partial charge in [-0.05, 0) is 70.8 Å². The third-order valence-electron chi connectivity index (χ3n) is 8.57. The second-order valence-electron chi connectivity index (χ2n) is 12.2. The Morgan fingerprint density at radius 3 is 1.96 bits per heavy atom. The SMILES string of the molecule is CC(C)(c1ccc(O)cc1)c1ccc(OCc2cccc(COc3ccc(C(=N)N)c(C4(O)O[C@H](C(=O)O)[C@@H](O)[C@H](O)[C@H]4O)c3)c2)cc1. The Balaban J connectivity index is 1.27. The molecular formula is C36H38N2O10. The number of nitrogens with one attached hydrogen (secondary N) is 1. The summed E-state index contributed by atoms with van der Waals surface area (Å²) in [5.74, 6) is -4.00. The van der Waals surface area contributed by atoms with Crippen LogP contribution < -0.4 is 15.2 Å². The normalized spacial score (nSPS) is 22.5. The molecule has 4 aromatic rings. The number of aliphatic hydroxyl groups excluding tert-OH is 3. The van der Waals surface area contributed by atoms with Crippen molar-refractivity contribution in [1.82, 2.24) is 0 Å². The number of carboxylic acid groups (broad SMARTS) is 1. The lowest BCUT2D eigenvalue weighted by atomic mass is 9.78. The minimum absolute atomic E-state index is 0.0642. The summed E-state index contributed by atoms with van der Waals surface area (Å²) in [6, 6.07) is 26.5. The largest absolute Gasteiger partial charge is 0.508 e. The maximum atomic E-state index is 11.6. The van der Waals surface area contributed by atoms with Gasteiger partial charge in [0.05, 0.1) is 0 Å². The van der Waals surface area contributed by atoms with Gasteiger partial charge in [-0.15, -0.1) is 0 Å². The highest BCUT2D eigenvalue weighted by Gasteiger charge is 2.56. The molecule has 0 aliphatic carbocycles. The number of hydrogen-bond acceptors (Lipinski definition) is 10. The Morgan fingerprint density at radius 2 is 1.40 bits per heavy atom. The summed E-state index contributed by atoms with van der Waals surface area (Å²) in [5.41, 5.74) is 8.79. The summed E-state index contributed by atoms with van der Waals surface area (Å²) < 4.78 is 17.2. The second-order valence-corrected chi connectivity index (χ2v) is 12.2. The van der Waals surface area contributed by atoms with Gasteiger partial charge in [-0.2, -0.15) is 0 Å². The molecule has 1 saturated heterocycles. The molecule has 12 heteroatoms. The third kappa shape index (κ3) is 6.98. The Kier molecular flexibility index (Phi) is 9.76. The average Bonchev–Trinajstić information content (AvgIpc) is 3.07. The van der Waals surface area contributed by atoms with E-state index >= 15 is 0 Å². The van der Waals surface area contributed by atoms with Crippen LogP contribution in [0.1, 0.15) is 47.2 Å². The molecule has 0 saturated carbocycles. The number of nitrogen functional groups attached to an aromatic ring is 1. The molecule has 5 atom stereocenters. The average molecular weight is 659 g/mol. The van der Waals surface area contributed by atoms with Gasteiger partial charge in [0, 0.05) is 16.5 Å². The molecule has 48 heavy (non-hydrogen) atoms. The van der Waals surface area contributed by atoms with E-state index in [0.717, 1.165) is 22.3 Å². The van der Waals surface area contributed by atoms with Crippen molar-refractivity contribution in [3.05, 3.63) is 124 Å². The minimum atomic E-state index is -2.85. The first-order chi connectivity index (χ1) is 22.7. The zero-order valence-corrected chi connectivity index (χ0v) is 26.3. The van der Waals surface area contributed by atoms with Gasteiger partial charge in [-0.25, -0.2) is 4.79 Å². The number of rotatable bonds is 11. The van der Waals surface area contributed by atoms with Crippen molar-refractivity contribution in [2.24, 2.45) is 5.73 Å². The van der Waals surface area contributed by atoms with Crippen LogP contribution in [0.4, 0.5) is 0 Å². The lowest BCUT2D eigenvalue weighted by molar-refractivity contribution is -0.349. The molecule has 0 amide bonds. The summed E-state index contributed by atoms with van der Waals surface area (Å²) in [7, 11) is 0. The van der Waals surface area contributed by atoms with Crippen LogP contribution >= 0.6 is 0 Å². The molecule has 1 aliphatic rings. The Hall–Kier alpha value is -4.98. The first-order valence-electron chi connectivity index (χ1n) is 15.1. The van der Waals surface area contributed by atoms with Crippen molar-refractivity contribution in [3.63, 3.8) is 0 Å². The summed E-state index contributed by atoms with van der Waals surface area (Å²) in [6.45, 7) is 4.57. The fourth-order valence-corrected chi connectivity index (χ4v) is 5.65. The van der Waals surface area contributed by atoms with E-state index in [-0.39, 0.29) is 41.3 Å². The van der Waals surface area contributed by atoms with Crippen molar-refractivity contribution in [1.29, 1.82) is 5.41 Å². The van der Waals surface area contributed by atoms with Crippen LogP contribution in [-0.2, 0) is 33.9 Å². The number of amidine groups is 1. The predicted molar refractivity (Wildman–Crippen MR) is 174 cm³/mol. The fraction of sp³-hybridized carbons (Fsp3) is 0.278. The van der Waals surface area contributed by atoms with Gasteiger partial charge in [0.25, 0.3) is 0 Å². The standard InChI is InChI=1S/C36H38N2O10/c1-35(2,22-6-10-24(39)11-7-22)23-8-12-25(13-9-23)46-18-20-4-3-5-21(16-20)19-47-26-14-15-27(33(37)38)28(17-26)36(45)32(42)30(41)29(40)31(48-36)34(43)44/h3-17,29-32,39-42,45H,18-19H2,1-2H3,(H3,37,38)(H,43,44)/t29-,30-,31-,32+,36?/m0/s1. The molecule has 0 bridgehead atoms. The molecule has 1 unspecified atom stereocenters. The molecule has 9 N–H and O–H groups in total. The maximum absolute atomic E-state index is 11.6. The number of aliphatic carboxylic acids is 1. The van der Waals surface area contributed by atoms with Crippen LogP contribution in [0.15, 0.2) is 91.0 Å². The van der Waals surface area contributed by atoms with Gasteiger partial charge in [-0.3, -0.25) is 5.41 Å². The first-order valence-corrected chi connectivity index (χ1v) is 15.1. The zero-order chi connectivity index (χ0) is 34.8. The van der Waals surface area contributed by atoms with E-state index in [2.05, 4.69) is 13.8 Å². The van der Waals surface area contributed by atoms with Gasteiger partial charge in [0.15, 0.2) is 6.10 Å². The van der Waals surface area contributed by atoms with Crippen LogP contribution in [0.25, 0.3) is 0 Å². The third-order valence-corrected chi connectivity index (χ3v) is 8.57. The van der Waals surface area contributed by atoms with Gasteiger partial charge in [-0.1, -0.05) is 56.3 Å². The number of nitrogens with two attached hydrogens (primary N) is 1. The summed E-state index contributed by atoms with van der Waals surface area (Å²) in [5, 5.41) is 69.4. The van der Waals surface area contributed by atoms with Crippen molar-refractivity contribution >= 4 is 11.8 Å². The van der Waals surface area contributed by atoms with Crippen molar-refractivity contribution in [3.8, 4) is 17.2 Å².